The summed E-state index contributed by atoms with van der Waals surface area (Å²) in [7, 11) is 0. The van der Waals surface area contributed by atoms with E-state index in [4.69, 9.17) is 20.8 Å². The molecule has 106 valence electrons. The molecule has 3 aromatic rings. The zero-order valence-corrected chi connectivity index (χ0v) is 11.6. The summed E-state index contributed by atoms with van der Waals surface area (Å²) in [6.07, 6.45) is 0. The highest BCUT2D eigenvalue weighted by molar-refractivity contribution is 6.30. The maximum absolute atomic E-state index is 11.4. The summed E-state index contributed by atoms with van der Waals surface area (Å²) in [4.78, 5) is 11.4. The van der Waals surface area contributed by atoms with E-state index in [1.54, 1.807) is 48.5 Å². The fourth-order valence-corrected chi connectivity index (χ4v) is 2.32. The molecule has 0 aliphatic carbocycles. The van der Waals surface area contributed by atoms with E-state index < -0.39 is 5.97 Å². The number of furan rings is 1. The van der Waals surface area contributed by atoms with Gasteiger partial charge in [0.2, 0.25) is 0 Å². The molecule has 0 radical (unpaired) electrons. The van der Waals surface area contributed by atoms with Crippen molar-refractivity contribution >= 4 is 28.5 Å². The van der Waals surface area contributed by atoms with Gasteiger partial charge in [0.1, 0.15) is 23.5 Å². The van der Waals surface area contributed by atoms with Crippen molar-refractivity contribution in [1.29, 1.82) is 0 Å². The fourth-order valence-electron chi connectivity index (χ4n) is 2.14. The van der Waals surface area contributed by atoms with Crippen LogP contribution in [0.2, 0.25) is 5.02 Å². The smallest absolute Gasteiger partial charge is 0.340 e. The van der Waals surface area contributed by atoms with Crippen LogP contribution in [0.15, 0.2) is 52.9 Å². The average Bonchev–Trinajstić information content (AvgIpc) is 2.83. The van der Waals surface area contributed by atoms with Gasteiger partial charge in [-0.15, -0.1) is 0 Å². The number of rotatable bonds is 4. The zero-order chi connectivity index (χ0) is 14.8. The summed E-state index contributed by atoms with van der Waals surface area (Å²) in [6, 6.07) is 13.9. The molecule has 1 aromatic heterocycles. The monoisotopic (exact) mass is 302 g/mol. The van der Waals surface area contributed by atoms with E-state index >= 15 is 0 Å². The maximum Gasteiger partial charge on any atom is 0.340 e. The number of fused-ring (bicyclic) bond motifs is 1. The standard InChI is InChI=1S/C16H11ClO4/c17-10-4-3-5-11(8-10)20-9-14-15(16(18)19)12-6-1-2-7-13(12)21-14/h1-8H,9H2,(H,18,19). The predicted molar refractivity (Wildman–Crippen MR) is 79.0 cm³/mol. The Balaban J connectivity index is 1.93. The first-order valence-electron chi connectivity index (χ1n) is 6.27. The minimum absolute atomic E-state index is 0.0245. The van der Waals surface area contributed by atoms with E-state index in [1.807, 2.05) is 0 Å². The van der Waals surface area contributed by atoms with Crippen molar-refractivity contribution in [3.05, 3.63) is 64.9 Å². The average molecular weight is 303 g/mol. The Hall–Kier alpha value is -2.46. The van der Waals surface area contributed by atoms with Crippen molar-refractivity contribution in [2.45, 2.75) is 6.61 Å². The molecule has 21 heavy (non-hydrogen) atoms. The molecule has 0 spiro atoms. The second-order valence-electron chi connectivity index (χ2n) is 4.45. The van der Waals surface area contributed by atoms with Gasteiger partial charge in [0.25, 0.3) is 0 Å². The largest absolute Gasteiger partial charge is 0.486 e. The van der Waals surface area contributed by atoms with Gasteiger partial charge >= 0.3 is 5.97 Å². The van der Waals surface area contributed by atoms with Gasteiger partial charge in [0.05, 0.1) is 0 Å². The lowest BCUT2D eigenvalue weighted by atomic mass is 10.1. The van der Waals surface area contributed by atoms with Crippen molar-refractivity contribution in [2.75, 3.05) is 0 Å². The van der Waals surface area contributed by atoms with Crippen molar-refractivity contribution in [2.24, 2.45) is 0 Å². The molecule has 5 heteroatoms. The molecule has 0 atom stereocenters. The van der Waals surface area contributed by atoms with Crippen molar-refractivity contribution in [3.8, 4) is 5.75 Å². The van der Waals surface area contributed by atoms with Crippen molar-refractivity contribution in [3.63, 3.8) is 0 Å². The summed E-state index contributed by atoms with van der Waals surface area (Å²) in [5, 5.41) is 10.5. The third-order valence-electron chi connectivity index (χ3n) is 3.05. The first-order chi connectivity index (χ1) is 10.1. The minimum atomic E-state index is -1.04. The van der Waals surface area contributed by atoms with E-state index in [2.05, 4.69) is 0 Å². The summed E-state index contributed by atoms with van der Waals surface area (Å²) in [6.45, 7) is 0.0245. The molecule has 3 rings (SSSR count). The summed E-state index contributed by atoms with van der Waals surface area (Å²) < 4.78 is 11.1. The molecular weight excluding hydrogens is 292 g/mol. The third kappa shape index (κ3) is 2.71. The Morgan fingerprint density at radius 1 is 1.19 bits per heavy atom. The number of hydrogen-bond donors (Lipinski definition) is 1. The number of aromatic carboxylic acids is 1. The highest BCUT2D eigenvalue weighted by atomic mass is 35.5. The highest BCUT2D eigenvalue weighted by Crippen LogP contribution is 2.27. The Bertz CT molecular complexity index is 807. The SMILES string of the molecule is O=C(O)c1c(COc2cccc(Cl)c2)oc2ccccc12. The lowest BCUT2D eigenvalue weighted by molar-refractivity contribution is 0.0693. The molecule has 1 N–H and O–H groups in total. The van der Waals surface area contributed by atoms with Crippen LogP contribution < -0.4 is 4.74 Å². The second kappa shape index (κ2) is 5.50. The van der Waals surface area contributed by atoms with Crippen molar-refractivity contribution < 1.29 is 19.1 Å². The van der Waals surface area contributed by atoms with E-state index in [0.29, 0.717) is 21.7 Å². The van der Waals surface area contributed by atoms with Gasteiger partial charge < -0.3 is 14.3 Å². The number of carbonyl (C=O) groups is 1. The van der Waals surface area contributed by atoms with Crippen LogP contribution in [0.1, 0.15) is 16.1 Å². The lowest BCUT2D eigenvalue weighted by Crippen LogP contribution is -2.03. The summed E-state index contributed by atoms with van der Waals surface area (Å²) in [5.41, 5.74) is 0.659. The Kier molecular flexibility index (Phi) is 3.54. The highest BCUT2D eigenvalue weighted by Gasteiger charge is 2.20. The summed E-state index contributed by atoms with van der Waals surface area (Å²) >= 11 is 5.88. The quantitative estimate of drug-likeness (QED) is 0.777. The molecule has 2 aromatic carbocycles. The number of carboxylic acids is 1. The van der Waals surface area contributed by atoms with Gasteiger partial charge in [-0.1, -0.05) is 35.9 Å². The molecule has 1 heterocycles. The van der Waals surface area contributed by atoms with E-state index in [1.165, 1.54) is 0 Å². The molecule has 0 saturated carbocycles. The maximum atomic E-state index is 11.4. The predicted octanol–water partition coefficient (Wildman–Crippen LogP) is 4.36. The Morgan fingerprint density at radius 2 is 2.00 bits per heavy atom. The number of hydrogen-bond acceptors (Lipinski definition) is 3. The number of para-hydroxylation sites is 1. The molecule has 0 amide bonds. The Morgan fingerprint density at radius 3 is 2.76 bits per heavy atom. The fraction of sp³-hybridized carbons (Fsp3) is 0.0625. The summed E-state index contributed by atoms with van der Waals surface area (Å²) in [5.74, 6) is -0.201. The molecular formula is C16H11ClO4. The first kappa shape index (κ1) is 13.5. The van der Waals surface area contributed by atoms with Gasteiger partial charge in [-0.2, -0.15) is 0 Å². The van der Waals surface area contributed by atoms with Gasteiger partial charge in [-0.05, 0) is 24.3 Å². The Labute approximate surface area is 125 Å². The van der Waals surface area contributed by atoms with Gasteiger partial charge in [0, 0.05) is 10.4 Å². The molecule has 0 bridgehead atoms. The van der Waals surface area contributed by atoms with Crippen LogP contribution in [0.25, 0.3) is 11.0 Å². The molecule has 0 aliphatic rings. The molecule has 0 fully saturated rings. The van der Waals surface area contributed by atoms with Crippen molar-refractivity contribution in [1.82, 2.24) is 0 Å². The van der Waals surface area contributed by atoms with Crippen LogP contribution in [0.4, 0.5) is 0 Å². The lowest BCUT2D eigenvalue weighted by Gasteiger charge is -2.05. The normalized spacial score (nSPS) is 10.7. The van der Waals surface area contributed by atoms with Gasteiger partial charge in [-0.3, -0.25) is 0 Å². The molecule has 0 unspecified atom stereocenters. The van der Waals surface area contributed by atoms with E-state index in [0.717, 1.165) is 0 Å². The van der Waals surface area contributed by atoms with E-state index in [-0.39, 0.29) is 17.9 Å². The molecule has 0 saturated heterocycles. The van der Waals surface area contributed by atoms with Crippen LogP contribution in [0.3, 0.4) is 0 Å². The molecule has 0 aliphatic heterocycles. The minimum Gasteiger partial charge on any atom is -0.486 e. The van der Waals surface area contributed by atoms with Crippen LogP contribution in [-0.4, -0.2) is 11.1 Å². The van der Waals surface area contributed by atoms with E-state index in [9.17, 15) is 9.90 Å². The number of halogens is 1. The zero-order valence-electron chi connectivity index (χ0n) is 10.9. The number of ether oxygens (including phenoxy) is 1. The number of carboxylic acid groups (broad SMARTS) is 1. The first-order valence-corrected chi connectivity index (χ1v) is 6.65. The second-order valence-corrected chi connectivity index (χ2v) is 4.88. The van der Waals surface area contributed by atoms with Gasteiger partial charge in [0.15, 0.2) is 5.76 Å². The number of benzene rings is 2. The third-order valence-corrected chi connectivity index (χ3v) is 3.28. The molecule has 4 nitrogen and oxygen atoms in total. The topological polar surface area (TPSA) is 59.7 Å². The van der Waals surface area contributed by atoms with Crippen LogP contribution in [0.5, 0.6) is 5.75 Å². The van der Waals surface area contributed by atoms with Crippen LogP contribution in [-0.2, 0) is 6.61 Å². The van der Waals surface area contributed by atoms with Crippen LogP contribution >= 0.6 is 11.6 Å². The van der Waals surface area contributed by atoms with Gasteiger partial charge in [-0.25, -0.2) is 4.79 Å². The van der Waals surface area contributed by atoms with Crippen LogP contribution in [0, 0.1) is 0 Å².